The van der Waals surface area contributed by atoms with Crippen molar-refractivity contribution in [2.24, 2.45) is 0 Å². The fraction of sp³-hybridized carbons (Fsp3) is 0.250. The van der Waals surface area contributed by atoms with E-state index in [4.69, 9.17) is 0 Å². The van der Waals surface area contributed by atoms with Crippen molar-refractivity contribution in [2.45, 2.75) is 30.7 Å². The molecule has 1 unspecified atom stereocenters. The lowest BCUT2D eigenvalue weighted by Gasteiger charge is -2.14. The molecule has 0 aliphatic rings. The molecule has 1 aromatic heterocycles. The number of aromatic nitrogens is 2. The van der Waals surface area contributed by atoms with Crippen LogP contribution >= 0.6 is 11.8 Å². The maximum absolute atomic E-state index is 12.4. The Hall–Kier alpha value is -2.41. The fourth-order valence-electron chi connectivity index (χ4n) is 1.91. The summed E-state index contributed by atoms with van der Waals surface area (Å²) in [5.41, 5.74) is 0.848. The van der Waals surface area contributed by atoms with Crippen LogP contribution in [-0.2, 0) is 4.79 Å². The molecular formula is C16H17N3O3S. The van der Waals surface area contributed by atoms with Crippen molar-refractivity contribution in [1.82, 2.24) is 9.97 Å². The van der Waals surface area contributed by atoms with Crippen LogP contribution in [0.3, 0.4) is 0 Å². The van der Waals surface area contributed by atoms with E-state index in [0.29, 0.717) is 22.8 Å². The lowest BCUT2D eigenvalue weighted by molar-refractivity contribution is -0.115. The molecule has 2 aromatic rings. The molecule has 0 spiro atoms. The fourth-order valence-corrected chi connectivity index (χ4v) is 2.79. The van der Waals surface area contributed by atoms with Gasteiger partial charge < -0.3 is 10.3 Å². The van der Waals surface area contributed by atoms with E-state index in [9.17, 15) is 14.4 Å². The molecule has 120 valence electrons. The van der Waals surface area contributed by atoms with Gasteiger partial charge in [-0.15, -0.1) is 0 Å². The quantitative estimate of drug-likeness (QED) is 0.482. The van der Waals surface area contributed by atoms with Gasteiger partial charge in [0, 0.05) is 23.5 Å². The molecule has 0 fully saturated rings. The summed E-state index contributed by atoms with van der Waals surface area (Å²) in [5.74, 6) is -0.265. The van der Waals surface area contributed by atoms with Crippen LogP contribution < -0.4 is 10.9 Å². The molecule has 0 saturated heterocycles. The zero-order valence-corrected chi connectivity index (χ0v) is 13.6. The molecule has 2 rings (SSSR count). The van der Waals surface area contributed by atoms with Gasteiger partial charge in [0.2, 0.25) is 5.91 Å². The molecule has 6 nitrogen and oxygen atoms in total. The van der Waals surface area contributed by atoms with E-state index >= 15 is 0 Å². The van der Waals surface area contributed by atoms with Crippen molar-refractivity contribution in [3.8, 4) is 0 Å². The number of hydrogen-bond donors (Lipinski definition) is 2. The van der Waals surface area contributed by atoms with Crippen molar-refractivity contribution >= 4 is 29.1 Å². The van der Waals surface area contributed by atoms with Gasteiger partial charge in [0.05, 0.1) is 5.25 Å². The van der Waals surface area contributed by atoms with Gasteiger partial charge >= 0.3 is 0 Å². The maximum Gasteiger partial charge on any atom is 0.251 e. The largest absolute Gasteiger partial charge is 0.325 e. The Bertz CT molecular complexity index is 773. The normalized spacial score (nSPS) is 11.7. The van der Waals surface area contributed by atoms with Gasteiger partial charge in [-0.25, -0.2) is 4.98 Å². The third-order valence-electron chi connectivity index (χ3n) is 3.10. The summed E-state index contributed by atoms with van der Waals surface area (Å²) >= 11 is 1.20. The van der Waals surface area contributed by atoms with Crippen LogP contribution in [0.2, 0.25) is 0 Å². The summed E-state index contributed by atoms with van der Waals surface area (Å²) in [4.78, 5) is 41.7. The van der Waals surface area contributed by atoms with Crippen LogP contribution in [0.4, 0.5) is 5.69 Å². The first-order valence-corrected chi connectivity index (χ1v) is 8.01. The number of carbonyl (C=O) groups excluding carboxylic acids is 2. The first kappa shape index (κ1) is 17.0. The number of amides is 1. The highest BCUT2D eigenvalue weighted by Crippen LogP contribution is 2.22. The predicted molar refractivity (Wildman–Crippen MR) is 89.9 cm³/mol. The first-order chi connectivity index (χ1) is 11.0. The average molecular weight is 331 g/mol. The number of benzene rings is 1. The monoisotopic (exact) mass is 331 g/mol. The number of Topliss-reactive ketones (excluding diaryl/α,β-unsaturated/α-hetero) is 1. The third kappa shape index (κ3) is 4.79. The van der Waals surface area contributed by atoms with Gasteiger partial charge in [-0.1, -0.05) is 30.8 Å². The van der Waals surface area contributed by atoms with Gasteiger partial charge in [-0.05, 0) is 25.5 Å². The standard InChI is InChI=1S/C16H17N3O3S/c1-3-13(23-16-17-8-7-14(21)19-16)15(22)18-12-6-4-5-11(9-12)10(2)20/h4-9,13H,3H2,1-2H3,(H,18,22)(H,17,19,21). The highest BCUT2D eigenvalue weighted by molar-refractivity contribution is 8.00. The van der Waals surface area contributed by atoms with Gasteiger partial charge in [0.15, 0.2) is 10.9 Å². The van der Waals surface area contributed by atoms with Crippen molar-refractivity contribution in [3.05, 3.63) is 52.4 Å². The van der Waals surface area contributed by atoms with E-state index in [1.54, 1.807) is 24.3 Å². The number of ketones is 1. The molecule has 2 N–H and O–H groups in total. The van der Waals surface area contributed by atoms with Crippen LogP contribution in [0.25, 0.3) is 0 Å². The summed E-state index contributed by atoms with van der Waals surface area (Å²) in [6.45, 7) is 3.35. The number of hydrogen-bond acceptors (Lipinski definition) is 5. The number of nitrogens with one attached hydrogen (secondary N) is 2. The van der Waals surface area contributed by atoms with Crippen molar-refractivity contribution < 1.29 is 9.59 Å². The van der Waals surface area contributed by atoms with Crippen molar-refractivity contribution in [3.63, 3.8) is 0 Å². The van der Waals surface area contributed by atoms with E-state index in [1.165, 1.54) is 30.9 Å². The smallest absolute Gasteiger partial charge is 0.251 e. The molecule has 0 saturated carbocycles. The lowest BCUT2D eigenvalue weighted by atomic mass is 10.1. The van der Waals surface area contributed by atoms with Gasteiger partial charge in [0.25, 0.3) is 5.56 Å². The number of rotatable bonds is 6. The van der Waals surface area contributed by atoms with Gasteiger partial charge in [-0.3, -0.25) is 14.4 Å². The SMILES string of the molecule is CCC(Sc1nccc(=O)[nH]1)C(=O)Nc1cccc(C(C)=O)c1. The van der Waals surface area contributed by atoms with Crippen LogP contribution in [0.1, 0.15) is 30.6 Å². The minimum absolute atomic E-state index is 0.0615. The van der Waals surface area contributed by atoms with E-state index in [1.807, 2.05) is 6.92 Å². The molecule has 1 amide bonds. The maximum atomic E-state index is 12.4. The van der Waals surface area contributed by atoms with Crippen molar-refractivity contribution in [2.75, 3.05) is 5.32 Å². The highest BCUT2D eigenvalue weighted by Gasteiger charge is 2.19. The van der Waals surface area contributed by atoms with E-state index in [2.05, 4.69) is 15.3 Å². The first-order valence-electron chi connectivity index (χ1n) is 7.13. The number of carbonyl (C=O) groups is 2. The summed E-state index contributed by atoms with van der Waals surface area (Å²) in [6, 6.07) is 8.10. The molecule has 23 heavy (non-hydrogen) atoms. The van der Waals surface area contributed by atoms with E-state index < -0.39 is 5.25 Å². The summed E-state index contributed by atoms with van der Waals surface area (Å²) < 4.78 is 0. The Balaban J connectivity index is 2.09. The topological polar surface area (TPSA) is 91.9 Å². The minimum atomic E-state index is -0.401. The molecule has 1 aromatic carbocycles. The molecule has 1 atom stereocenters. The minimum Gasteiger partial charge on any atom is -0.325 e. The van der Waals surface area contributed by atoms with Gasteiger partial charge in [-0.2, -0.15) is 0 Å². The molecule has 0 aliphatic heterocycles. The second-order valence-electron chi connectivity index (χ2n) is 4.88. The molecule has 0 bridgehead atoms. The molecular weight excluding hydrogens is 314 g/mol. The zero-order valence-electron chi connectivity index (χ0n) is 12.8. The Morgan fingerprint density at radius 2 is 2.13 bits per heavy atom. The van der Waals surface area contributed by atoms with E-state index in [-0.39, 0.29) is 17.2 Å². The summed E-state index contributed by atoms with van der Waals surface area (Å²) in [5, 5.41) is 2.79. The summed E-state index contributed by atoms with van der Waals surface area (Å²) in [7, 11) is 0. The number of H-pyrrole nitrogens is 1. The van der Waals surface area contributed by atoms with Crippen LogP contribution in [-0.4, -0.2) is 26.9 Å². The molecule has 7 heteroatoms. The number of aromatic amines is 1. The van der Waals surface area contributed by atoms with Crippen LogP contribution in [0, 0.1) is 0 Å². The Morgan fingerprint density at radius 3 is 2.78 bits per heavy atom. The summed E-state index contributed by atoms with van der Waals surface area (Å²) in [6.07, 6.45) is 1.98. The second kappa shape index (κ2) is 7.73. The Labute approximate surface area is 137 Å². The van der Waals surface area contributed by atoms with E-state index in [0.717, 1.165) is 0 Å². The highest BCUT2D eigenvalue weighted by atomic mass is 32.2. The number of nitrogens with zero attached hydrogens (tertiary/aromatic N) is 1. The van der Waals surface area contributed by atoms with Crippen LogP contribution in [0.15, 0.2) is 46.5 Å². The number of anilines is 1. The average Bonchev–Trinajstić information content (AvgIpc) is 2.52. The Morgan fingerprint density at radius 1 is 1.35 bits per heavy atom. The number of thioether (sulfide) groups is 1. The molecule has 0 radical (unpaired) electrons. The third-order valence-corrected chi connectivity index (χ3v) is 4.36. The molecule has 0 aliphatic carbocycles. The predicted octanol–water partition coefficient (Wildman–Crippen LogP) is 2.48. The lowest BCUT2D eigenvalue weighted by Crippen LogP contribution is -2.25. The molecule has 1 heterocycles. The van der Waals surface area contributed by atoms with Crippen LogP contribution in [0.5, 0.6) is 0 Å². The second-order valence-corrected chi connectivity index (χ2v) is 6.07. The van der Waals surface area contributed by atoms with Gasteiger partial charge in [0.1, 0.15) is 0 Å². The zero-order chi connectivity index (χ0) is 16.8. The Kier molecular flexibility index (Phi) is 5.70. The van der Waals surface area contributed by atoms with Crippen molar-refractivity contribution in [1.29, 1.82) is 0 Å².